The van der Waals surface area contributed by atoms with Crippen molar-refractivity contribution in [2.24, 2.45) is 28.1 Å². The highest BCUT2D eigenvalue weighted by molar-refractivity contribution is 6.74. The van der Waals surface area contributed by atoms with Crippen LogP contribution < -0.4 is 0 Å². The highest BCUT2D eigenvalue weighted by Gasteiger charge is 2.55. The van der Waals surface area contributed by atoms with Gasteiger partial charge < -0.3 is 14.0 Å². The minimum atomic E-state index is -2.01. The van der Waals surface area contributed by atoms with Gasteiger partial charge >= 0.3 is 0 Å². The van der Waals surface area contributed by atoms with E-state index in [9.17, 15) is 9.90 Å². The Bertz CT molecular complexity index is 1320. The fourth-order valence-electron chi connectivity index (χ4n) is 8.86. The largest absolute Gasteiger partial charge is 0.413 e. The molecule has 0 bridgehead atoms. The van der Waals surface area contributed by atoms with Gasteiger partial charge in [0, 0.05) is 6.42 Å². The second kappa shape index (κ2) is 13.5. The zero-order chi connectivity index (χ0) is 36.3. The second-order valence-electron chi connectivity index (χ2n) is 20.1. The first-order chi connectivity index (χ1) is 21.8. The Hall–Kier alpha value is -1.06. The third-order valence-electron chi connectivity index (χ3n) is 14.4. The van der Waals surface area contributed by atoms with Crippen molar-refractivity contribution in [1.82, 2.24) is 0 Å². The highest BCUT2D eigenvalue weighted by atomic mass is 28.4. The predicted octanol–water partition coefficient (Wildman–Crippen LogP) is 11.5. The number of hydrogen-bond donors (Lipinski definition) is 1. The number of carbonyl (C=O) groups excluding carboxylic acids is 1. The van der Waals surface area contributed by atoms with Crippen LogP contribution in [0.15, 0.2) is 47.6 Å². The number of hydrogen-bond acceptors (Lipinski definition) is 4. The van der Waals surface area contributed by atoms with E-state index in [-0.39, 0.29) is 38.9 Å². The average molecular weight is 697 g/mol. The zero-order valence-electron chi connectivity index (χ0n) is 33.4. The van der Waals surface area contributed by atoms with Crippen molar-refractivity contribution >= 4 is 22.4 Å². The molecule has 4 fully saturated rings. The van der Waals surface area contributed by atoms with Gasteiger partial charge in [-0.2, -0.15) is 0 Å². The van der Waals surface area contributed by atoms with Crippen LogP contribution in [0, 0.1) is 28.1 Å². The molecular weight excluding hydrogens is 625 g/mol. The first-order valence-corrected chi connectivity index (χ1v) is 24.9. The van der Waals surface area contributed by atoms with Gasteiger partial charge in [-0.15, -0.1) is 0 Å². The Morgan fingerprint density at radius 3 is 2.06 bits per heavy atom. The third kappa shape index (κ3) is 7.88. The molecule has 4 nitrogen and oxygen atoms in total. The summed E-state index contributed by atoms with van der Waals surface area (Å²) >= 11 is 0. The number of aliphatic hydroxyl groups is 1. The first-order valence-electron chi connectivity index (χ1n) is 19.1. The highest BCUT2D eigenvalue weighted by Crippen LogP contribution is 2.62. The van der Waals surface area contributed by atoms with Crippen LogP contribution in [0.1, 0.15) is 127 Å². The summed E-state index contributed by atoms with van der Waals surface area (Å²) in [7, 11) is -3.97. The smallest absolute Gasteiger partial charge is 0.192 e. The summed E-state index contributed by atoms with van der Waals surface area (Å²) in [6.45, 7) is 36.9. The summed E-state index contributed by atoms with van der Waals surface area (Å²) in [4.78, 5) is 12.2. The number of rotatable bonds is 10. The molecule has 272 valence electrons. The molecule has 4 aliphatic rings. The minimum absolute atomic E-state index is 0.00717. The van der Waals surface area contributed by atoms with Crippen molar-refractivity contribution in [2.75, 3.05) is 0 Å². The van der Waals surface area contributed by atoms with Crippen molar-refractivity contribution < 1.29 is 18.8 Å². The van der Waals surface area contributed by atoms with E-state index >= 15 is 0 Å². The molecule has 6 atom stereocenters. The van der Waals surface area contributed by atoms with Gasteiger partial charge in [0.2, 0.25) is 0 Å². The van der Waals surface area contributed by atoms with Crippen molar-refractivity contribution in [3.05, 3.63) is 47.6 Å². The molecule has 1 N–H and O–H groups in total. The van der Waals surface area contributed by atoms with E-state index in [1.807, 2.05) is 6.08 Å². The number of Topliss-reactive ketones (excluding diaryl/α,β-unsaturated/α-hetero) is 1. The summed E-state index contributed by atoms with van der Waals surface area (Å²) in [5.41, 5.74) is 3.67. The molecule has 4 rings (SSSR count). The van der Waals surface area contributed by atoms with Crippen molar-refractivity contribution in [1.29, 1.82) is 0 Å². The fourth-order valence-corrected chi connectivity index (χ4v) is 11.5. The van der Waals surface area contributed by atoms with Crippen LogP contribution in [-0.4, -0.2) is 45.8 Å². The molecule has 0 amide bonds. The minimum Gasteiger partial charge on any atom is -0.413 e. The zero-order valence-corrected chi connectivity index (χ0v) is 35.4. The Morgan fingerprint density at radius 2 is 1.52 bits per heavy atom. The molecule has 0 heterocycles. The number of carbonyl (C=O) groups is 1. The molecule has 1 unspecified atom stereocenters. The monoisotopic (exact) mass is 696 g/mol. The van der Waals surface area contributed by atoms with Gasteiger partial charge in [-0.1, -0.05) is 98.8 Å². The summed E-state index contributed by atoms with van der Waals surface area (Å²) in [6.07, 6.45) is 17.9. The molecule has 48 heavy (non-hydrogen) atoms. The standard InChI is InChI=1S/C42H72O4Si2/c1-29-32(27-33(45-47(12,13)38(3,4)5)28-35(29)46-48(14,15)39(6,7)8)19-18-31-17-16-23-41(11)34(31)20-21-36(41)40(9,10)24-22-37(44)42(25-26-42)30(2)43/h18-19,22,24,33-37,44H,1,16-17,20-21,23,25-28H2,2-15H3/b24-22+,31-18+,32-19-/t33-,34+,35+,36-,37?,41+/m1/s1. The molecular formula is C42H72O4Si2. The van der Waals surface area contributed by atoms with E-state index < -0.39 is 28.2 Å². The van der Waals surface area contributed by atoms with Gasteiger partial charge in [-0.25, -0.2) is 0 Å². The van der Waals surface area contributed by atoms with Crippen LogP contribution in [0.5, 0.6) is 0 Å². The summed E-state index contributed by atoms with van der Waals surface area (Å²) in [5.74, 6) is 1.21. The molecule has 0 aliphatic heterocycles. The Kier molecular flexibility index (Phi) is 11.2. The van der Waals surface area contributed by atoms with Crippen LogP contribution in [0.25, 0.3) is 0 Å². The quantitative estimate of drug-likeness (QED) is 0.182. The summed E-state index contributed by atoms with van der Waals surface area (Å²) in [6, 6.07) is 0. The van der Waals surface area contributed by atoms with Gasteiger partial charge in [0.25, 0.3) is 0 Å². The Labute approximate surface area is 297 Å². The fraction of sp³-hybridized carbons (Fsp3) is 0.786. The molecule has 4 aliphatic carbocycles. The van der Waals surface area contributed by atoms with Crippen LogP contribution in [-0.2, 0) is 13.6 Å². The molecule has 0 spiro atoms. The summed E-state index contributed by atoms with van der Waals surface area (Å²) < 4.78 is 14.2. The lowest BCUT2D eigenvalue weighted by atomic mass is 9.57. The van der Waals surface area contributed by atoms with Crippen LogP contribution >= 0.6 is 0 Å². The van der Waals surface area contributed by atoms with Gasteiger partial charge in [0.15, 0.2) is 16.6 Å². The van der Waals surface area contributed by atoms with Crippen LogP contribution in [0.2, 0.25) is 36.3 Å². The second-order valence-corrected chi connectivity index (χ2v) is 29.7. The van der Waals surface area contributed by atoms with Crippen molar-refractivity contribution in [3.63, 3.8) is 0 Å². The number of ketones is 1. The number of allylic oxidation sites excluding steroid dienone is 4. The van der Waals surface area contributed by atoms with E-state index in [2.05, 4.69) is 113 Å². The molecule has 0 aromatic heterocycles. The SMILES string of the molecule is C=C1/C(=C\C=C2/CCC[C@]3(C)[C@@H](C(C)(C)/C=C/C(O)C4(C(C)=O)CC4)CC[C@@H]23)C[C@@H](O[Si](C)(C)C(C)(C)C)C[C@@H]1O[Si](C)(C)C(C)(C)C. The maximum absolute atomic E-state index is 12.2. The number of aliphatic hydroxyl groups excluding tert-OH is 1. The summed E-state index contributed by atoms with van der Waals surface area (Å²) in [5, 5.41) is 11.3. The normalized spacial score (nSPS) is 32.6. The Balaban J connectivity index is 1.59. The number of fused-ring (bicyclic) bond motifs is 1. The van der Waals surface area contributed by atoms with Gasteiger partial charge in [-0.05, 0) is 128 Å². The predicted molar refractivity (Wildman–Crippen MR) is 208 cm³/mol. The lowest BCUT2D eigenvalue weighted by Gasteiger charge is -2.47. The lowest BCUT2D eigenvalue weighted by molar-refractivity contribution is -0.124. The van der Waals surface area contributed by atoms with Crippen LogP contribution in [0.4, 0.5) is 0 Å². The van der Waals surface area contributed by atoms with E-state index in [4.69, 9.17) is 8.85 Å². The van der Waals surface area contributed by atoms with Crippen molar-refractivity contribution in [3.8, 4) is 0 Å². The molecule has 0 radical (unpaired) electrons. The van der Waals surface area contributed by atoms with Gasteiger partial charge in [0.05, 0.1) is 23.7 Å². The third-order valence-corrected chi connectivity index (χ3v) is 23.4. The topological polar surface area (TPSA) is 55.8 Å². The van der Waals surface area contributed by atoms with Crippen LogP contribution in [0.3, 0.4) is 0 Å². The van der Waals surface area contributed by atoms with E-state index in [0.717, 1.165) is 37.7 Å². The van der Waals surface area contributed by atoms with E-state index in [1.165, 1.54) is 31.3 Å². The van der Waals surface area contributed by atoms with Crippen molar-refractivity contribution in [2.45, 2.75) is 182 Å². The molecule has 4 saturated carbocycles. The van der Waals surface area contributed by atoms with Gasteiger partial charge in [-0.3, -0.25) is 4.79 Å². The molecule has 0 saturated heterocycles. The molecule has 6 heteroatoms. The maximum Gasteiger partial charge on any atom is 0.192 e. The average Bonchev–Trinajstić information content (AvgIpc) is 3.67. The maximum atomic E-state index is 12.2. The van der Waals surface area contributed by atoms with Gasteiger partial charge in [0.1, 0.15) is 5.78 Å². The molecule has 0 aromatic carbocycles. The lowest BCUT2D eigenvalue weighted by Crippen LogP contribution is -2.49. The molecule has 0 aromatic rings. The van der Waals surface area contributed by atoms with E-state index in [1.54, 1.807) is 12.5 Å². The first kappa shape index (κ1) is 39.7. The van der Waals surface area contributed by atoms with E-state index in [0.29, 0.717) is 11.8 Å². The Morgan fingerprint density at radius 1 is 0.938 bits per heavy atom.